The summed E-state index contributed by atoms with van der Waals surface area (Å²) in [4.78, 5) is 21.3. The van der Waals surface area contributed by atoms with Crippen molar-refractivity contribution >= 4 is 11.8 Å². The summed E-state index contributed by atoms with van der Waals surface area (Å²) >= 11 is 0. The molecule has 1 radical (unpaired) electrons. The molecule has 20 heavy (non-hydrogen) atoms. The van der Waals surface area contributed by atoms with Crippen LogP contribution in [0.3, 0.4) is 0 Å². The van der Waals surface area contributed by atoms with Crippen LogP contribution in [0.2, 0.25) is 0 Å². The number of aliphatic hydroxyl groups is 1. The first kappa shape index (κ1) is 49.8. The smallest absolute Gasteiger partial charge is 0.693 e. The molecule has 1 saturated carbocycles. The monoisotopic (exact) mass is 555 g/mol. The minimum atomic E-state index is -1.00. The molecule has 127 valence electrons. The Hall–Kier alpha value is 0.732. The molecule has 1 fully saturated rings. The van der Waals surface area contributed by atoms with Gasteiger partial charge >= 0.3 is 27.0 Å². The number of hydrogen-bond acceptors (Lipinski definition) is 3. The molecule has 0 aromatic heterocycles. The minimum absolute atomic E-state index is 0. The molecule has 10 heteroatoms. The predicted molar refractivity (Wildman–Crippen MR) is 71.6 cm³/mol. The van der Waals surface area contributed by atoms with E-state index in [1.165, 1.54) is 6.92 Å². The second kappa shape index (κ2) is 24.7. The quantitative estimate of drug-likeness (QED) is 0.379. The molecule has 8 nitrogen and oxygen atoms in total. The molecule has 0 aliphatic heterocycles. The number of Topliss-reactive ketones (excluding diaryl/α,β-unsaturated/α-hetero) is 1. The zero-order chi connectivity index (χ0) is 10.5. The molecule has 10 N–H and O–H groups in total. The predicted octanol–water partition coefficient (Wildman–Crippen LogP) is 1.06. The maximum atomic E-state index is 10.8. The van der Waals surface area contributed by atoms with Crippen LogP contribution in [-0.4, -0.2) is 39.5 Å². The second-order valence-electron chi connectivity index (χ2n) is 3.11. The van der Waals surface area contributed by atoms with E-state index in [1.807, 2.05) is 0 Å². The fourth-order valence-electron chi connectivity index (χ4n) is 1.25. The first-order chi connectivity index (χ1) is 6.01. The van der Waals surface area contributed by atoms with Gasteiger partial charge in [0.2, 0.25) is 0 Å². The molecule has 0 unspecified atom stereocenters. The van der Waals surface area contributed by atoms with Crippen molar-refractivity contribution in [2.24, 2.45) is 5.41 Å². The van der Waals surface area contributed by atoms with E-state index in [2.05, 4.69) is 0 Å². The molecule has 0 amide bonds. The molecule has 0 atom stereocenters. The second-order valence-corrected chi connectivity index (χ2v) is 3.11. The maximum absolute atomic E-state index is 10.8. The van der Waals surface area contributed by atoms with Crippen molar-refractivity contribution in [3.63, 3.8) is 0 Å². The molecule has 1 aliphatic carbocycles. The standard InChI is InChI=1S/C7H10O3.C2H6O.CH3.2H2N.2H2O.Pt.Y/c1-5(8)7(6(9)10)3-2-4-7;1-2-3;;;;;;;/h2-4H2,1H3,(H,9,10);3H,2H2,1H3;1H3;4*1H2;;/q;;3*-1;;;+2;. The third-order valence-corrected chi connectivity index (χ3v) is 2.29. The molecule has 0 bridgehead atoms. The molecule has 0 heterocycles. The topological polar surface area (TPSA) is 205 Å². The summed E-state index contributed by atoms with van der Waals surface area (Å²) in [5.74, 6) is -1.16. The van der Waals surface area contributed by atoms with Gasteiger partial charge in [-0.25, -0.2) is 0 Å². The number of hydrogen-bond donors (Lipinski definition) is 2. The Labute approximate surface area is 160 Å². The van der Waals surface area contributed by atoms with Crippen LogP contribution in [0.4, 0.5) is 0 Å². The van der Waals surface area contributed by atoms with Crippen molar-refractivity contribution in [3.05, 3.63) is 19.7 Å². The van der Waals surface area contributed by atoms with Crippen molar-refractivity contribution in [1.82, 2.24) is 0 Å². The van der Waals surface area contributed by atoms with Gasteiger partial charge in [-0.05, 0) is 26.7 Å². The normalized spacial score (nSPS) is 11.6. The van der Waals surface area contributed by atoms with E-state index in [0.29, 0.717) is 12.8 Å². The van der Waals surface area contributed by atoms with Gasteiger partial charge in [-0.2, -0.15) is 0 Å². The van der Waals surface area contributed by atoms with Gasteiger partial charge in [0.25, 0.3) is 0 Å². The van der Waals surface area contributed by atoms with Crippen LogP contribution in [0.1, 0.15) is 33.1 Å². The average Bonchev–Trinajstić information content (AvgIpc) is 1.82. The van der Waals surface area contributed by atoms with Gasteiger partial charge < -0.3 is 40.9 Å². The summed E-state index contributed by atoms with van der Waals surface area (Å²) in [6.07, 6.45) is 1.92. The number of carbonyl (C=O) groups is 2. The van der Waals surface area contributed by atoms with Gasteiger partial charge in [0, 0.05) is 39.3 Å². The minimum Gasteiger partial charge on any atom is -0.693 e. The summed E-state index contributed by atoms with van der Waals surface area (Å²) in [5, 5.41) is 16.2. The van der Waals surface area contributed by atoms with E-state index >= 15 is 0 Å². The summed E-state index contributed by atoms with van der Waals surface area (Å²) in [5.41, 5.74) is -1.00. The fraction of sp³-hybridized carbons (Fsp3) is 0.700. The van der Waals surface area contributed by atoms with Gasteiger partial charge in [-0.1, -0.05) is 6.42 Å². The van der Waals surface area contributed by atoms with Crippen LogP contribution >= 0.6 is 0 Å². The molecule has 0 spiro atoms. The van der Waals surface area contributed by atoms with Gasteiger partial charge in [-0.3, -0.25) is 9.59 Å². The Morgan fingerprint density at radius 1 is 1.15 bits per heavy atom. The first-order valence-electron chi connectivity index (χ1n) is 4.36. The van der Waals surface area contributed by atoms with E-state index in [1.54, 1.807) is 6.92 Å². The third kappa shape index (κ3) is 13.7. The number of carbonyl (C=O) groups excluding carboxylic acids is 1. The number of carboxylic acids is 1. The molecule has 0 aromatic carbocycles. The zero-order valence-corrected chi connectivity index (χ0v) is 17.2. The maximum Gasteiger partial charge on any atom is 2.00 e. The molecule has 0 saturated heterocycles. The summed E-state index contributed by atoms with van der Waals surface area (Å²) in [7, 11) is 0. The molecule has 1 aliphatic rings. The third-order valence-electron chi connectivity index (χ3n) is 2.29. The van der Waals surface area contributed by atoms with Crippen LogP contribution in [0.15, 0.2) is 0 Å². The summed E-state index contributed by atoms with van der Waals surface area (Å²) < 4.78 is 0. The number of aliphatic hydroxyl groups excluding tert-OH is 1. The van der Waals surface area contributed by atoms with Gasteiger partial charge in [0.1, 0.15) is 11.2 Å². The van der Waals surface area contributed by atoms with Crippen LogP contribution in [0.5, 0.6) is 0 Å². The number of aliphatic carboxylic acids is 1. The SMILES string of the molecule is CC(=O)C1(C(=O)O)CCC1.CCO.O.O.[CH3-].[NH2-].[NH2-].[Pt+2].[Y]. The summed E-state index contributed by atoms with van der Waals surface area (Å²) in [6.45, 7) is 3.28. The van der Waals surface area contributed by atoms with E-state index in [4.69, 9.17) is 10.2 Å². The van der Waals surface area contributed by atoms with Gasteiger partial charge in [-0.15, -0.1) is 0 Å². The van der Waals surface area contributed by atoms with Gasteiger partial charge in [0.05, 0.1) is 0 Å². The largest absolute Gasteiger partial charge is 2.00 e. The van der Waals surface area contributed by atoms with Crippen LogP contribution in [-0.2, 0) is 63.4 Å². The number of ketones is 1. The Balaban J connectivity index is -0.0000000224. The van der Waals surface area contributed by atoms with Crippen LogP contribution < -0.4 is 0 Å². The van der Waals surface area contributed by atoms with Crippen molar-refractivity contribution in [2.45, 2.75) is 33.1 Å². The Kier molecular flexibility index (Phi) is 61.6. The van der Waals surface area contributed by atoms with E-state index in [0.717, 1.165) is 6.42 Å². The average molecular weight is 555 g/mol. The van der Waals surface area contributed by atoms with E-state index < -0.39 is 11.4 Å². The van der Waals surface area contributed by atoms with Crippen molar-refractivity contribution in [3.8, 4) is 0 Å². The molecular weight excluding hydrogens is 528 g/mol. The van der Waals surface area contributed by atoms with Crippen LogP contribution in [0, 0.1) is 12.8 Å². The molecule has 1 rings (SSSR count). The number of carboxylic acid groups (broad SMARTS) is 1. The summed E-state index contributed by atoms with van der Waals surface area (Å²) in [6, 6.07) is 0. The number of rotatable bonds is 2. The Bertz CT molecular complexity index is 202. The Morgan fingerprint density at radius 2 is 1.40 bits per heavy atom. The van der Waals surface area contributed by atoms with E-state index in [9.17, 15) is 9.59 Å². The number of nitrogens with two attached hydrogens (primary N) is 2. The van der Waals surface area contributed by atoms with E-state index in [-0.39, 0.29) is 96.8 Å². The van der Waals surface area contributed by atoms with Crippen molar-refractivity contribution < 1.29 is 84.5 Å². The van der Waals surface area contributed by atoms with Crippen LogP contribution in [0.25, 0.3) is 12.3 Å². The zero-order valence-electron chi connectivity index (χ0n) is 12.1. The molecule has 0 aromatic rings. The first-order valence-corrected chi connectivity index (χ1v) is 4.36. The molecular formula is C10H27N2O6PtY-. The van der Waals surface area contributed by atoms with Crippen molar-refractivity contribution in [2.75, 3.05) is 6.61 Å². The fourth-order valence-corrected chi connectivity index (χ4v) is 1.25. The van der Waals surface area contributed by atoms with Crippen molar-refractivity contribution in [1.29, 1.82) is 0 Å². The van der Waals surface area contributed by atoms with Gasteiger partial charge in [0.15, 0.2) is 0 Å². The Morgan fingerprint density at radius 3 is 1.40 bits per heavy atom.